The molecule has 0 heterocycles. The predicted octanol–water partition coefficient (Wildman–Crippen LogP) is 5.63. The van der Waals surface area contributed by atoms with Gasteiger partial charge in [0.15, 0.2) is 6.29 Å². The van der Waals surface area contributed by atoms with Crippen LogP contribution < -0.4 is 4.74 Å². The van der Waals surface area contributed by atoms with E-state index in [1.807, 2.05) is 12.1 Å². The zero-order valence-electron chi connectivity index (χ0n) is 18.2. The van der Waals surface area contributed by atoms with Gasteiger partial charge in [0.05, 0.1) is 6.61 Å². The molecule has 0 fully saturated rings. The van der Waals surface area contributed by atoms with Crippen molar-refractivity contribution >= 4 is 5.97 Å². The Morgan fingerprint density at radius 2 is 1.67 bits per heavy atom. The second-order valence-electron chi connectivity index (χ2n) is 8.51. The lowest BCUT2D eigenvalue weighted by atomic mass is 9.74. The minimum Gasteiger partial charge on any atom is -0.491 e. The third-order valence-electron chi connectivity index (χ3n) is 5.17. The molecule has 1 rings (SSSR count). The van der Waals surface area contributed by atoms with Gasteiger partial charge in [0.2, 0.25) is 0 Å². The summed E-state index contributed by atoms with van der Waals surface area (Å²) < 4.78 is 16.6. The van der Waals surface area contributed by atoms with Crippen molar-refractivity contribution in [3.05, 3.63) is 29.8 Å². The Balaban J connectivity index is 2.24. The van der Waals surface area contributed by atoms with Gasteiger partial charge in [-0.2, -0.15) is 0 Å². The molecule has 0 spiro atoms. The molecule has 27 heavy (non-hydrogen) atoms. The van der Waals surface area contributed by atoms with E-state index in [4.69, 9.17) is 14.2 Å². The van der Waals surface area contributed by atoms with Gasteiger partial charge in [-0.05, 0) is 48.3 Å². The molecular formula is C23H38O4. The van der Waals surface area contributed by atoms with E-state index in [1.54, 1.807) is 6.92 Å². The lowest BCUT2D eigenvalue weighted by molar-refractivity contribution is -0.177. The van der Waals surface area contributed by atoms with Crippen molar-refractivity contribution in [1.82, 2.24) is 0 Å². The predicted molar refractivity (Wildman–Crippen MR) is 110 cm³/mol. The fourth-order valence-corrected chi connectivity index (χ4v) is 2.98. The van der Waals surface area contributed by atoms with Crippen molar-refractivity contribution < 1.29 is 19.0 Å². The monoisotopic (exact) mass is 378 g/mol. The molecule has 154 valence electrons. The summed E-state index contributed by atoms with van der Waals surface area (Å²) in [6, 6.07) is 8.13. The summed E-state index contributed by atoms with van der Waals surface area (Å²) in [5.74, 6) is 1.31. The number of carbonyl (C=O) groups is 1. The van der Waals surface area contributed by atoms with E-state index >= 15 is 0 Å². The van der Waals surface area contributed by atoms with Gasteiger partial charge >= 0.3 is 5.97 Å². The highest BCUT2D eigenvalue weighted by Gasteiger charge is 2.27. The van der Waals surface area contributed by atoms with Crippen LogP contribution in [0.25, 0.3) is 0 Å². The fourth-order valence-electron chi connectivity index (χ4n) is 2.98. The first-order valence-electron chi connectivity index (χ1n) is 10.2. The summed E-state index contributed by atoms with van der Waals surface area (Å²) in [4.78, 5) is 12.1. The van der Waals surface area contributed by atoms with Crippen LogP contribution in [0.4, 0.5) is 0 Å². The van der Waals surface area contributed by atoms with Gasteiger partial charge in [0.1, 0.15) is 12.4 Å². The molecule has 0 aromatic heterocycles. The van der Waals surface area contributed by atoms with Crippen molar-refractivity contribution in [1.29, 1.82) is 0 Å². The minimum atomic E-state index is -0.565. The van der Waals surface area contributed by atoms with E-state index in [-0.39, 0.29) is 17.3 Å². The largest absolute Gasteiger partial charge is 0.491 e. The van der Waals surface area contributed by atoms with Crippen LogP contribution in [0.3, 0.4) is 0 Å². The number of ether oxygens (including phenoxy) is 3. The number of esters is 1. The molecule has 0 saturated heterocycles. The Hall–Kier alpha value is -1.55. The standard InChI is InChI=1S/C23H38O4/c1-8-9-20-10-12-21(13-11-20)26-15-14-25-19(4)27-22(24)16-17(2)18(3)23(5,6)7/h10-13,17-19H,8-9,14-16H2,1-7H3. The summed E-state index contributed by atoms with van der Waals surface area (Å²) in [5.41, 5.74) is 1.49. The zero-order chi connectivity index (χ0) is 20.4. The molecule has 1 aromatic rings. The zero-order valence-corrected chi connectivity index (χ0v) is 18.2. The lowest BCUT2D eigenvalue weighted by Crippen LogP contribution is -2.28. The quantitative estimate of drug-likeness (QED) is 0.284. The number of hydrogen-bond donors (Lipinski definition) is 0. The molecule has 0 aliphatic carbocycles. The highest BCUT2D eigenvalue weighted by atomic mass is 16.7. The highest BCUT2D eigenvalue weighted by molar-refractivity contribution is 5.69. The van der Waals surface area contributed by atoms with E-state index in [2.05, 4.69) is 53.7 Å². The second kappa shape index (κ2) is 11.3. The van der Waals surface area contributed by atoms with Crippen LogP contribution in [0.5, 0.6) is 5.75 Å². The topological polar surface area (TPSA) is 44.8 Å². The average molecular weight is 379 g/mol. The normalized spacial score (nSPS) is 15.1. The van der Waals surface area contributed by atoms with Crippen LogP contribution >= 0.6 is 0 Å². The van der Waals surface area contributed by atoms with Gasteiger partial charge in [-0.3, -0.25) is 4.79 Å². The van der Waals surface area contributed by atoms with Crippen LogP contribution in [-0.4, -0.2) is 25.5 Å². The molecule has 0 N–H and O–H groups in total. The Labute approximate surface area is 165 Å². The molecule has 3 unspecified atom stereocenters. The van der Waals surface area contributed by atoms with Gasteiger partial charge in [-0.1, -0.05) is 60.1 Å². The summed E-state index contributed by atoms with van der Waals surface area (Å²) in [5, 5.41) is 0. The van der Waals surface area contributed by atoms with Crippen molar-refractivity contribution in [3.8, 4) is 5.75 Å². The molecule has 3 atom stereocenters. The number of benzene rings is 1. The smallest absolute Gasteiger partial charge is 0.308 e. The third kappa shape index (κ3) is 9.28. The fraction of sp³-hybridized carbons (Fsp3) is 0.696. The Morgan fingerprint density at radius 3 is 2.22 bits per heavy atom. The third-order valence-corrected chi connectivity index (χ3v) is 5.17. The summed E-state index contributed by atoms with van der Waals surface area (Å²) in [6.07, 6.45) is 2.07. The van der Waals surface area contributed by atoms with Gasteiger partial charge in [0.25, 0.3) is 0 Å². The van der Waals surface area contributed by atoms with E-state index in [0.717, 1.165) is 18.6 Å². The Kier molecular flexibility index (Phi) is 9.86. The second-order valence-corrected chi connectivity index (χ2v) is 8.51. The molecule has 0 radical (unpaired) electrons. The van der Waals surface area contributed by atoms with Crippen molar-refractivity contribution in [2.24, 2.45) is 17.3 Å². The molecule has 1 aromatic carbocycles. The van der Waals surface area contributed by atoms with Crippen molar-refractivity contribution in [2.45, 2.75) is 74.0 Å². The van der Waals surface area contributed by atoms with Gasteiger partial charge in [0, 0.05) is 6.42 Å². The van der Waals surface area contributed by atoms with E-state index in [9.17, 15) is 4.79 Å². The first-order valence-corrected chi connectivity index (χ1v) is 10.2. The van der Waals surface area contributed by atoms with Crippen LogP contribution in [0.1, 0.15) is 66.9 Å². The lowest BCUT2D eigenvalue weighted by Gasteiger charge is -2.32. The summed E-state index contributed by atoms with van der Waals surface area (Å²) >= 11 is 0. The van der Waals surface area contributed by atoms with Crippen molar-refractivity contribution in [3.63, 3.8) is 0 Å². The summed E-state index contributed by atoms with van der Waals surface area (Å²) in [7, 11) is 0. The maximum absolute atomic E-state index is 12.1. The number of carbonyl (C=O) groups excluding carboxylic acids is 1. The number of aryl methyl sites for hydroxylation is 1. The molecule has 0 aliphatic heterocycles. The van der Waals surface area contributed by atoms with E-state index in [0.29, 0.717) is 25.6 Å². The van der Waals surface area contributed by atoms with Crippen LogP contribution in [0, 0.1) is 17.3 Å². The highest BCUT2D eigenvalue weighted by Crippen LogP contribution is 2.33. The van der Waals surface area contributed by atoms with Crippen molar-refractivity contribution in [2.75, 3.05) is 13.2 Å². The van der Waals surface area contributed by atoms with Crippen LogP contribution in [0.15, 0.2) is 24.3 Å². The number of rotatable bonds is 11. The van der Waals surface area contributed by atoms with E-state index < -0.39 is 6.29 Å². The Bertz CT molecular complexity index is 544. The molecular weight excluding hydrogens is 340 g/mol. The average Bonchev–Trinajstić information content (AvgIpc) is 2.58. The molecule has 0 aliphatic rings. The first kappa shape index (κ1) is 23.5. The molecule has 0 saturated carbocycles. The maximum Gasteiger partial charge on any atom is 0.308 e. The Morgan fingerprint density at radius 1 is 1.04 bits per heavy atom. The SMILES string of the molecule is CCCc1ccc(OCCOC(C)OC(=O)CC(C)C(C)C(C)(C)C)cc1. The van der Waals surface area contributed by atoms with E-state index in [1.165, 1.54) is 5.56 Å². The van der Waals surface area contributed by atoms with Gasteiger partial charge in [-0.15, -0.1) is 0 Å². The van der Waals surface area contributed by atoms with Crippen LogP contribution in [-0.2, 0) is 20.7 Å². The molecule has 0 bridgehead atoms. The summed E-state index contributed by atoms with van der Waals surface area (Å²) in [6.45, 7) is 15.6. The van der Waals surface area contributed by atoms with Gasteiger partial charge in [-0.25, -0.2) is 0 Å². The first-order chi connectivity index (χ1) is 12.6. The molecule has 4 nitrogen and oxygen atoms in total. The molecule has 0 amide bonds. The number of hydrogen-bond acceptors (Lipinski definition) is 4. The van der Waals surface area contributed by atoms with Gasteiger partial charge < -0.3 is 14.2 Å². The minimum absolute atomic E-state index is 0.174. The van der Waals surface area contributed by atoms with Crippen LogP contribution in [0.2, 0.25) is 0 Å². The molecule has 4 heteroatoms. The maximum atomic E-state index is 12.1.